The number of hydrogen-bond acceptors (Lipinski definition) is 2. The summed E-state index contributed by atoms with van der Waals surface area (Å²) in [5.74, 6) is 0. The smallest absolute Gasteiger partial charge is 0.0629 e. The Balaban J connectivity index is 2.98. The first-order chi connectivity index (χ1) is 6.06. The molecule has 0 unspecified atom stereocenters. The monoisotopic (exact) mass is 182 g/mol. The van der Waals surface area contributed by atoms with Gasteiger partial charge in [-0.2, -0.15) is 5.10 Å². The van der Waals surface area contributed by atoms with Crippen LogP contribution in [0.4, 0.5) is 0 Å². The third-order valence-electron chi connectivity index (χ3n) is 2.33. The fourth-order valence-electron chi connectivity index (χ4n) is 1.63. The fourth-order valence-corrected chi connectivity index (χ4v) is 1.63. The van der Waals surface area contributed by atoms with Gasteiger partial charge in [-0.05, 0) is 33.3 Å². The molecule has 1 aromatic rings. The highest BCUT2D eigenvalue weighted by atomic mass is 16.3. The predicted octanol–water partition coefficient (Wildman–Crippen LogP) is 1.44. The van der Waals surface area contributed by atoms with Crippen molar-refractivity contribution in [3.63, 3.8) is 0 Å². The van der Waals surface area contributed by atoms with Gasteiger partial charge in [0.15, 0.2) is 0 Å². The lowest BCUT2D eigenvalue weighted by molar-refractivity contribution is 0.195. The van der Waals surface area contributed by atoms with Crippen LogP contribution in [0.1, 0.15) is 30.8 Å². The van der Waals surface area contributed by atoms with E-state index in [2.05, 4.69) is 18.9 Å². The van der Waals surface area contributed by atoms with Crippen LogP contribution in [0.5, 0.6) is 0 Å². The molecular weight excluding hydrogens is 164 g/mol. The fraction of sp³-hybridized carbons (Fsp3) is 0.700. The van der Waals surface area contributed by atoms with Gasteiger partial charge < -0.3 is 5.11 Å². The van der Waals surface area contributed by atoms with Gasteiger partial charge in [0.25, 0.3) is 0 Å². The molecule has 0 aromatic carbocycles. The minimum absolute atomic E-state index is 0.285. The van der Waals surface area contributed by atoms with Crippen molar-refractivity contribution in [2.45, 2.75) is 46.8 Å². The lowest BCUT2D eigenvalue weighted by atomic mass is 10.1. The molecule has 1 aromatic heterocycles. The van der Waals surface area contributed by atoms with Crippen LogP contribution >= 0.6 is 0 Å². The summed E-state index contributed by atoms with van der Waals surface area (Å²) in [7, 11) is 0. The van der Waals surface area contributed by atoms with E-state index in [0.29, 0.717) is 6.42 Å². The van der Waals surface area contributed by atoms with Crippen molar-refractivity contribution in [1.82, 2.24) is 9.78 Å². The number of hydrogen-bond donors (Lipinski definition) is 1. The van der Waals surface area contributed by atoms with E-state index in [1.54, 1.807) is 0 Å². The summed E-state index contributed by atoms with van der Waals surface area (Å²) in [5, 5.41) is 13.7. The molecule has 0 fully saturated rings. The van der Waals surface area contributed by atoms with Gasteiger partial charge in [0.1, 0.15) is 0 Å². The molecule has 3 heteroatoms. The Kier molecular flexibility index (Phi) is 3.09. The first-order valence-corrected chi connectivity index (χ1v) is 4.77. The van der Waals surface area contributed by atoms with Crippen molar-refractivity contribution in [2.75, 3.05) is 0 Å². The van der Waals surface area contributed by atoms with E-state index in [-0.39, 0.29) is 6.10 Å². The Hall–Kier alpha value is -0.830. The largest absolute Gasteiger partial charge is 0.393 e. The molecule has 0 saturated heterocycles. The van der Waals surface area contributed by atoms with Gasteiger partial charge in [0.05, 0.1) is 11.8 Å². The van der Waals surface area contributed by atoms with Gasteiger partial charge in [0, 0.05) is 18.7 Å². The molecule has 0 bridgehead atoms. The minimum atomic E-state index is -0.285. The Morgan fingerprint density at radius 3 is 2.46 bits per heavy atom. The highest BCUT2D eigenvalue weighted by Gasteiger charge is 2.11. The van der Waals surface area contributed by atoms with Crippen molar-refractivity contribution in [3.05, 3.63) is 17.0 Å². The first-order valence-electron chi connectivity index (χ1n) is 4.77. The second-order valence-electron chi connectivity index (χ2n) is 3.52. The molecule has 1 N–H and O–H groups in total. The average molecular weight is 182 g/mol. The van der Waals surface area contributed by atoms with Crippen LogP contribution in [-0.2, 0) is 13.0 Å². The molecule has 13 heavy (non-hydrogen) atoms. The van der Waals surface area contributed by atoms with Crippen molar-refractivity contribution < 1.29 is 5.11 Å². The second-order valence-corrected chi connectivity index (χ2v) is 3.52. The van der Waals surface area contributed by atoms with Gasteiger partial charge in [-0.25, -0.2) is 0 Å². The Morgan fingerprint density at radius 1 is 1.46 bits per heavy atom. The van der Waals surface area contributed by atoms with Crippen LogP contribution < -0.4 is 0 Å². The predicted molar refractivity (Wildman–Crippen MR) is 52.8 cm³/mol. The van der Waals surface area contributed by atoms with E-state index in [4.69, 9.17) is 0 Å². The molecule has 3 nitrogen and oxygen atoms in total. The van der Waals surface area contributed by atoms with Crippen LogP contribution in [0.15, 0.2) is 0 Å². The molecule has 0 aliphatic carbocycles. The molecule has 0 spiro atoms. The van der Waals surface area contributed by atoms with E-state index in [1.165, 1.54) is 11.3 Å². The van der Waals surface area contributed by atoms with Crippen molar-refractivity contribution in [1.29, 1.82) is 0 Å². The van der Waals surface area contributed by atoms with E-state index >= 15 is 0 Å². The van der Waals surface area contributed by atoms with Crippen LogP contribution in [0.3, 0.4) is 0 Å². The van der Waals surface area contributed by atoms with Gasteiger partial charge in [0.2, 0.25) is 0 Å². The topological polar surface area (TPSA) is 38.0 Å². The number of aromatic nitrogens is 2. The van der Waals surface area contributed by atoms with Gasteiger partial charge in [-0.3, -0.25) is 4.68 Å². The van der Waals surface area contributed by atoms with Crippen LogP contribution in [-0.4, -0.2) is 21.0 Å². The maximum Gasteiger partial charge on any atom is 0.0629 e. The number of aliphatic hydroxyl groups is 1. The molecule has 0 aliphatic rings. The third kappa shape index (κ3) is 2.10. The summed E-state index contributed by atoms with van der Waals surface area (Å²) in [6.45, 7) is 8.83. The van der Waals surface area contributed by atoms with E-state index in [0.717, 1.165) is 12.2 Å². The molecular formula is C10H18N2O. The van der Waals surface area contributed by atoms with Crippen LogP contribution in [0.25, 0.3) is 0 Å². The summed E-state index contributed by atoms with van der Waals surface area (Å²) in [4.78, 5) is 0. The lowest BCUT2D eigenvalue weighted by Gasteiger charge is -2.04. The standard InChI is InChI=1S/C10H18N2O/c1-5-12-9(4)10(6-7(2)13)8(3)11-12/h7,13H,5-6H2,1-4H3/t7-/m0/s1. The normalized spacial score (nSPS) is 13.3. The lowest BCUT2D eigenvalue weighted by Crippen LogP contribution is -2.06. The Labute approximate surface area is 79.4 Å². The van der Waals surface area contributed by atoms with Gasteiger partial charge in [-0.15, -0.1) is 0 Å². The third-order valence-corrected chi connectivity index (χ3v) is 2.33. The molecule has 0 aliphatic heterocycles. The second kappa shape index (κ2) is 3.92. The molecule has 1 heterocycles. The van der Waals surface area contributed by atoms with Crippen LogP contribution in [0, 0.1) is 13.8 Å². The highest BCUT2D eigenvalue weighted by Crippen LogP contribution is 2.14. The number of rotatable bonds is 3. The summed E-state index contributed by atoms with van der Waals surface area (Å²) < 4.78 is 1.98. The first kappa shape index (κ1) is 10.3. The zero-order valence-electron chi connectivity index (χ0n) is 8.83. The SMILES string of the molecule is CCn1nc(C)c(C[C@H](C)O)c1C. The molecule has 74 valence electrons. The highest BCUT2D eigenvalue weighted by molar-refractivity contribution is 5.25. The number of aryl methyl sites for hydroxylation is 2. The quantitative estimate of drug-likeness (QED) is 0.768. The summed E-state index contributed by atoms with van der Waals surface area (Å²) in [6.07, 6.45) is 0.421. The van der Waals surface area contributed by atoms with Gasteiger partial charge >= 0.3 is 0 Å². The average Bonchev–Trinajstić information content (AvgIpc) is 2.31. The zero-order chi connectivity index (χ0) is 10.0. The van der Waals surface area contributed by atoms with Crippen molar-refractivity contribution >= 4 is 0 Å². The molecule has 0 saturated carbocycles. The van der Waals surface area contributed by atoms with E-state index in [1.807, 2.05) is 18.5 Å². The zero-order valence-corrected chi connectivity index (χ0v) is 8.83. The van der Waals surface area contributed by atoms with Crippen LogP contribution in [0.2, 0.25) is 0 Å². The summed E-state index contributed by atoms with van der Waals surface area (Å²) in [5.41, 5.74) is 3.41. The minimum Gasteiger partial charge on any atom is -0.393 e. The van der Waals surface area contributed by atoms with Crippen molar-refractivity contribution in [2.24, 2.45) is 0 Å². The van der Waals surface area contributed by atoms with Crippen molar-refractivity contribution in [3.8, 4) is 0 Å². The number of aliphatic hydroxyl groups excluding tert-OH is 1. The molecule has 1 rings (SSSR count). The Bertz CT molecular complexity index is 289. The maximum absolute atomic E-state index is 9.30. The van der Waals surface area contributed by atoms with E-state index in [9.17, 15) is 5.11 Å². The molecule has 1 atom stereocenters. The summed E-state index contributed by atoms with van der Waals surface area (Å²) >= 11 is 0. The maximum atomic E-state index is 9.30. The molecule has 0 amide bonds. The molecule has 0 radical (unpaired) electrons. The van der Waals surface area contributed by atoms with E-state index < -0.39 is 0 Å². The Morgan fingerprint density at radius 2 is 2.08 bits per heavy atom. The van der Waals surface area contributed by atoms with Gasteiger partial charge in [-0.1, -0.05) is 0 Å². The summed E-state index contributed by atoms with van der Waals surface area (Å²) in [6, 6.07) is 0. The number of nitrogens with zero attached hydrogens (tertiary/aromatic N) is 2.